The number of aromatic nitrogens is 2. The standard InChI is InChI=1S/C7H5ClN2O3/c8-5-1-2-13-7-9-4(6(11)12)3-10(5)7/h1-3,5H,(H,11,12). The minimum atomic E-state index is -1.10. The molecular formula is C7H5ClN2O3. The average Bonchev–Trinajstić information content (AvgIpc) is 2.49. The largest absolute Gasteiger partial charge is 0.476 e. The molecule has 68 valence electrons. The zero-order chi connectivity index (χ0) is 9.42. The lowest BCUT2D eigenvalue weighted by Gasteiger charge is -2.12. The van der Waals surface area contributed by atoms with Gasteiger partial charge < -0.3 is 9.84 Å². The third-order valence-electron chi connectivity index (χ3n) is 1.59. The predicted octanol–water partition coefficient (Wildman–Crippen LogP) is 1.22. The minimum Gasteiger partial charge on any atom is -0.476 e. The molecular weight excluding hydrogens is 196 g/mol. The van der Waals surface area contributed by atoms with Gasteiger partial charge >= 0.3 is 12.0 Å². The first-order valence-electron chi connectivity index (χ1n) is 3.48. The first-order valence-corrected chi connectivity index (χ1v) is 3.91. The molecule has 0 radical (unpaired) electrons. The molecule has 1 aliphatic heterocycles. The molecule has 1 aliphatic rings. The topological polar surface area (TPSA) is 64.3 Å². The number of carbonyl (C=O) groups is 1. The Balaban J connectivity index is 2.45. The molecule has 1 aromatic heterocycles. The highest BCUT2D eigenvalue weighted by atomic mass is 35.5. The van der Waals surface area contributed by atoms with Crippen LogP contribution in [0.25, 0.3) is 0 Å². The van der Waals surface area contributed by atoms with Crippen molar-refractivity contribution in [3.8, 4) is 6.01 Å². The lowest BCUT2D eigenvalue weighted by atomic mass is 10.5. The molecule has 0 spiro atoms. The van der Waals surface area contributed by atoms with Crippen LogP contribution < -0.4 is 4.74 Å². The quantitative estimate of drug-likeness (QED) is 0.693. The van der Waals surface area contributed by atoms with Gasteiger partial charge in [0.05, 0.1) is 6.26 Å². The first kappa shape index (κ1) is 8.12. The maximum absolute atomic E-state index is 10.5. The van der Waals surface area contributed by atoms with Crippen LogP contribution in [0.15, 0.2) is 18.5 Å². The number of imidazole rings is 1. The highest BCUT2D eigenvalue weighted by Crippen LogP contribution is 2.26. The van der Waals surface area contributed by atoms with Crippen LogP contribution in [0.4, 0.5) is 0 Å². The van der Waals surface area contributed by atoms with E-state index in [9.17, 15) is 4.79 Å². The Morgan fingerprint density at radius 2 is 2.54 bits per heavy atom. The van der Waals surface area contributed by atoms with Crippen LogP contribution in [0.2, 0.25) is 0 Å². The third kappa shape index (κ3) is 1.27. The van der Waals surface area contributed by atoms with Crippen LogP contribution in [0, 0.1) is 0 Å². The van der Waals surface area contributed by atoms with Gasteiger partial charge in [-0.3, -0.25) is 4.57 Å². The molecule has 0 fully saturated rings. The minimum absolute atomic E-state index is 0.0793. The predicted molar refractivity (Wildman–Crippen MR) is 43.8 cm³/mol. The van der Waals surface area contributed by atoms with Gasteiger partial charge in [0.2, 0.25) is 0 Å². The summed E-state index contributed by atoms with van der Waals surface area (Å²) in [5, 5.41) is 8.63. The zero-order valence-electron chi connectivity index (χ0n) is 6.35. The van der Waals surface area contributed by atoms with Gasteiger partial charge in [0.15, 0.2) is 5.69 Å². The van der Waals surface area contributed by atoms with Gasteiger partial charge in [-0.1, -0.05) is 11.6 Å². The van der Waals surface area contributed by atoms with Crippen molar-refractivity contribution in [2.24, 2.45) is 0 Å². The van der Waals surface area contributed by atoms with E-state index in [1.807, 2.05) is 0 Å². The Hall–Kier alpha value is -1.49. The Bertz CT molecular complexity index is 385. The molecule has 0 aliphatic carbocycles. The molecule has 0 amide bonds. The molecule has 0 saturated carbocycles. The lowest BCUT2D eigenvalue weighted by molar-refractivity contribution is 0.0690. The summed E-state index contributed by atoms with van der Waals surface area (Å²) in [6.45, 7) is 0. The number of halogens is 1. The van der Waals surface area contributed by atoms with Crippen molar-refractivity contribution in [2.45, 2.75) is 5.50 Å². The van der Waals surface area contributed by atoms with E-state index in [0.29, 0.717) is 0 Å². The van der Waals surface area contributed by atoms with E-state index < -0.39 is 11.5 Å². The van der Waals surface area contributed by atoms with Crippen LogP contribution in [-0.2, 0) is 0 Å². The van der Waals surface area contributed by atoms with Crippen molar-refractivity contribution in [2.75, 3.05) is 0 Å². The van der Waals surface area contributed by atoms with Gasteiger partial charge in [0.25, 0.3) is 0 Å². The molecule has 0 bridgehead atoms. The summed E-state index contributed by atoms with van der Waals surface area (Å²) < 4.78 is 6.38. The summed E-state index contributed by atoms with van der Waals surface area (Å²) in [6, 6.07) is 0.194. The summed E-state index contributed by atoms with van der Waals surface area (Å²) in [5.74, 6) is -1.10. The van der Waals surface area contributed by atoms with E-state index in [1.54, 1.807) is 6.08 Å². The molecule has 0 aromatic carbocycles. The molecule has 2 rings (SSSR count). The van der Waals surface area contributed by atoms with Gasteiger partial charge in [-0.15, -0.1) is 0 Å². The molecule has 13 heavy (non-hydrogen) atoms. The fourth-order valence-electron chi connectivity index (χ4n) is 1.00. The molecule has 1 unspecified atom stereocenters. The number of carboxylic acid groups (broad SMARTS) is 1. The van der Waals surface area contributed by atoms with Crippen LogP contribution in [0.5, 0.6) is 6.01 Å². The summed E-state index contributed by atoms with van der Waals surface area (Å²) >= 11 is 5.83. The number of nitrogens with zero attached hydrogens (tertiary/aromatic N) is 2. The number of alkyl halides is 1. The zero-order valence-corrected chi connectivity index (χ0v) is 7.10. The Kier molecular flexibility index (Phi) is 1.73. The number of fused-ring (bicyclic) bond motifs is 1. The fourth-order valence-corrected chi connectivity index (χ4v) is 1.20. The van der Waals surface area contributed by atoms with Crippen molar-refractivity contribution >= 4 is 17.6 Å². The van der Waals surface area contributed by atoms with E-state index in [2.05, 4.69) is 4.98 Å². The van der Waals surface area contributed by atoms with Crippen molar-refractivity contribution in [1.82, 2.24) is 9.55 Å². The van der Waals surface area contributed by atoms with Gasteiger partial charge in [-0.2, -0.15) is 4.98 Å². The lowest BCUT2D eigenvalue weighted by Crippen LogP contribution is -2.06. The average molecular weight is 201 g/mol. The van der Waals surface area contributed by atoms with E-state index in [4.69, 9.17) is 21.4 Å². The normalized spacial score (nSPS) is 19.3. The molecule has 2 heterocycles. The highest BCUT2D eigenvalue weighted by Gasteiger charge is 2.19. The SMILES string of the molecule is O=C(O)c1cn2c(n1)OC=CC2Cl. The van der Waals surface area contributed by atoms with Gasteiger partial charge in [-0.25, -0.2) is 4.79 Å². The van der Waals surface area contributed by atoms with E-state index in [0.717, 1.165) is 0 Å². The maximum Gasteiger partial charge on any atom is 0.356 e. The fraction of sp³-hybridized carbons (Fsp3) is 0.143. The second kappa shape index (κ2) is 2.77. The monoisotopic (exact) mass is 200 g/mol. The second-order valence-electron chi connectivity index (χ2n) is 2.44. The molecule has 1 aromatic rings. The van der Waals surface area contributed by atoms with Crippen LogP contribution >= 0.6 is 11.6 Å². The number of hydrogen-bond acceptors (Lipinski definition) is 3. The van der Waals surface area contributed by atoms with Crippen molar-refractivity contribution in [1.29, 1.82) is 0 Å². The van der Waals surface area contributed by atoms with Crippen molar-refractivity contribution < 1.29 is 14.6 Å². The third-order valence-corrected chi connectivity index (χ3v) is 1.95. The molecule has 1 N–H and O–H groups in total. The molecule has 0 saturated heterocycles. The number of hydrogen-bond donors (Lipinski definition) is 1. The Morgan fingerprint density at radius 1 is 1.77 bits per heavy atom. The van der Waals surface area contributed by atoms with Crippen LogP contribution in [0.3, 0.4) is 0 Å². The highest BCUT2D eigenvalue weighted by molar-refractivity contribution is 6.20. The number of ether oxygens (including phenoxy) is 1. The van der Waals surface area contributed by atoms with Gasteiger partial charge in [0, 0.05) is 6.20 Å². The smallest absolute Gasteiger partial charge is 0.356 e. The molecule has 5 nitrogen and oxygen atoms in total. The van der Waals surface area contributed by atoms with Gasteiger partial charge in [-0.05, 0) is 6.08 Å². The number of aromatic carboxylic acids is 1. The summed E-state index contributed by atoms with van der Waals surface area (Å²) in [6.07, 6.45) is 4.30. The second-order valence-corrected chi connectivity index (χ2v) is 2.89. The van der Waals surface area contributed by atoms with E-state index in [1.165, 1.54) is 17.0 Å². The van der Waals surface area contributed by atoms with Crippen LogP contribution in [0.1, 0.15) is 16.0 Å². The van der Waals surface area contributed by atoms with E-state index >= 15 is 0 Å². The molecule has 1 atom stereocenters. The first-order chi connectivity index (χ1) is 6.18. The Labute approximate surface area is 78.2 Å². The maximum atomic E-state index is 10.5. The van der Waals surface area contributed by atoms with Crippen molar-refractivity contribution in [3.63, 3.8) is 0 Å². The number of rotatable bonds is 1. The van der Waals surface area contributed by atoms with Crippen LogP contribution in [-0.4, -0.2) is 20.6 Å². The summed E-state index contributed by atoms with van der Waals surface area (Å²) in [5.41, 5.74) is -0.520. The molecule has 6 heteroatoms. The summed E-state index contributed by atoms with van der Waals surface area (Å²) in [4.78, 5) is 14.2. The number of carboxylic acids is 1. The number of allylic oxidation sites excluding steroid dienone is 1. The summed E-state index contributed by atoms with van der Waals surface area (Å²) in [7, 11) is 0. The Morgan fingerprint density at radius 3 is 3.15 bits per heavy atom. The van der Waals surface area contributed by atoms with Gasteiger partial charge in [0.1, 0.15) is 5.50 Å². The van der Waals surface area contributed by atoms with E-state index in [-0.39, 0.29) is 11.7 Å². The van der Waals surface area contributed by atoms with Crippen molar-refractivity contribution in [3.05, 3.63) is 24.2 Å².